The molecule has 0 saturated carbocycles. The fraction of sp³-hybridized carbons (Fsp3) is 0.789. The molecule has 30 heavy (non-hydrogen) atoms. The molecule has 0 unspecified atom stereocenters. The van der Waals surface area contributed by atoms with Gasteiger partial charge in [0.05, 0.1) is 13.1 Å². The molecule has 1 heterocycles. The van der Waals surface area contributed by atoms with Crippen LogP contribution in [0, 0.1) is 0 Å². The third-order valence-electron chi connectivity index (χ3n) is 4.48. The van der Waals surface area contributed by atoms with Crippen LogP contribution in [0.4, 0.5) is 0 Å². The lowest BCUT2D eigenvalue weighted by atomic mass is 10.2. The van der Waals surface area contributed by atoms with Crippen LogP contribution in [0.1, 0.15) is 19.8 Å². The molecular formula is C19H34N4O7. The summed E-state index contributed by atoms with van der Waals surface area (Å²) in [5, 5.41) is 9.11. The first kappa shape index (κ1) is 29.9. The smallest absolute Gasteiger partial charge is 0.373 e. The minimum atomic E-state index is -0.793. The zero-order chi connectivity index (χ0) is 23.4. The Hall–Kier alpha value is -2.26. The number of carboxylic acids is 1. The number of carbonyl (C=O) groups is 2. The summed E-state index contributed by atoms with van der Waals surface area (Å²) in [5.74, 6) is -0.519. The number of nitrogens with zero attached hydrogens (tertiary/aromatic N) is 4. The van der Waals surface area contributed by atoms with Gasteiger partial charge in [-0.15, -0.1) is 0 Å². The van der Waals surface area contributed by atoms with Crippen LogP contribution in [0.3, 0.4) is 0 Å². The Balaban J connectivity index is 0. The number of hydrogen-bond acceptors (Lipinski definition) is 10. The van der Waals surface area contributed by atoms with Crippen LogP contribution in [0.5, 0.6) is 0 Å². The van der Waals surface area contributed by atoms with E-state index in [1.807, 2.05) is 11.8 Å². The van der Waals surface area contributed by atoms with E-state index in [1.54, 1.807) is 0 Å². The van der Waals surface area contributed by atoms with Crippen molar-refractivity contribution in [1.29, 1.82) is 0 Å². The van der Waals surface area contributed by atoms with Gasteiger partial charge < -0.3 is 14.9 Å². The van der Waals surface area contributed by atoms with Gasteiger partial charge in [0.2, 0.25) is 0 Å². The summed E-state index contributed by atoms with van der Waals surface area (Å²) in [7, 11) is 4.19. The van der Waals surface area contributed by atoms with Crippen molar-refractivity contribution in [3.8, 4) is 0 Å². The number of likely N-dealkylation sites (N-methyl/N-ethyl adjacent to an activating group) is 2. The van der Waals surface area contributed by atoms with E-state index in [0.29, 0.717) is 19.5 Å². The van der Waals surface area contributed by atoms with Gasteiger partial charge in [0, 0.05) is 58.8 Å². The molecule has 0 aromatic heterocycles. The van der Waals surface area contributed by atoms with Gasteiger partial charge in [-0.25, -0.2) is 0 Å². The fourth-order valence-electron chi connectivity index (χ4n) is 2.81. The molecule has 1 fully saturated rings. The van der Waals surface area contributed by atoms with Gasteiger partial charge in [-0.3, -0.25) is 19.4 Å². The van der Waals surface area contributed by atoms with E-state index in [1.165, 1.54) is 0 Å². The van der Waals surface area contributed by atoms with Crippen LogP contribution >= 0.6 is 0 Å². The van der Waals surface area contributed by atoms with Crippen LogP contribution in [0.2, 0.25) is 0 Å². The topological polar surface area (TPSA) is 136 Å². The molecule has 0 atom stereocenters. The third-order valence-corrected chi connectivity index (χ3v) is 4.48. The second-order valence-electron chi connectivity index (χ2n) is 7.01. The summed E-state index contributed by atoms with van der Waals surface area (Å²) in [6.45, 7) is 9.28. The first-order valence-electron chi connectivity index (χ1n) is 9.77. The van der Waals surface area contributed by atoms with Crippen LogP contribution in [0.25, 0.3) is 0 Å². The molecule has 0 bridgehead atoms. The second-order valence-corrected chi connectivity index (χ2v) is 7.01. The molecule has 1 N–H and O–H groups in total. The number of rotatable bonds is 6. The van der Waals surface area contributed by atoms with Crippen LogP contribution in [-0.4, -0.2) is 128 Å². The van der Waals surface area contributed by atoms with Gasteiger partial charge in [-0.1, -0.05) is 6.92 Å². The Morgan fingerprint density at radius 1 is 0.733 bits per heavy atom. The van der Waals surface area contributed by atoms with Crippen LogP contribution in [-0.2, 0) is 28.8 Å². The molecular weight excluding hydrogens is 396 g/mol. The van der Waals surface area contributed by atoms with E-state index >= 15 is 0 Å². The SMILES string of the molecule is CCCC(=O)CN1CCN(C)CCN(C)CCN(CC(=O)O)CC1.O=C=O.O=C=O. The van der Waals surface area contributed by atoms with Gasteiger partial charge in [-0.2, -0.15) is 19.2 Å². The van der Waals surface area contributed by atoms with Gasteiger partial charge in [0.1, 0.15) is 5.78 Å². The molecule has 0 aromatic rings. The third kappa shape index (κ3) is 19.1. The van der Waals surface area contributed by atoms with Crippen molar-refractivity contribution in [3.63, 3.8) is 0 Å². The van der Waals surface area contributed by atoms with Crippen molar-refractivity contribution in [2.75, 3.05) is 79.5 Å². The Morgan fingerprint density at radius 2 is 1.07 bits per heavy atom. The summed E-state index contributed by atoms with van der Waals surface area (Å²) < 4.78 is 0. The van der Waals surface area contributed by atoms with Crippen LogP contribution < -0.4 is 0 Å². The Morgan fingerprint density at radius 3 is 1.43 bits per heavy atom. The lowest BCUT2D eigenvalue weighted by Crippen LogP contribution is -2.46. The number of aliphatic carboxylic acids is 1. The average Bonchev–Trinajstić information content (AvgIpc) is 2.66. The summed E-state index contributed by atoms with van der Waals surface area (Å²) >= 11 is 0. The average molecular weight is 431 g/mol. The van der Waals surface area contributed by atoms with Crippen molar-refractivity contribution in [3.05, 3.63) is 0 Å². The fourth-order valence-corrected chi connectivity index (χ4v) is 2.81. The van der Waals surface area contributed by atoms with Crippen molar-refractivity contribution in [1.82, 2.24) is 19.6 Å². The maximum atomic E-state index is 12.0. The molecule has 0 spiro atoms. The summed E-state index contributed by atoms with van der Waals surface area (Å²) in [4.78, 5) is 64.3. The Bertz CT molecular complexity index is 535. The molecule has 0 radical (unpaired) electrons. The van der Waals surface area contributed by atoms with E-state index < -0.39 is 5.97 Å². The second kappa shape index (κ2) is 20.0. The maximum absolute atomic E-state index is 12.0. The molecule has 1 aliphatic heterocycles. The molecule has 0 aliphatic carbocycles. The van der Waals surface area contributed by atoms with Gasteiger partial charge in [-0.05, 0) is 20.5 Å². The van der Waals surface area contributed by atoms with Crippen molar-refractivity contribution < 1.29 is 33.9 Å². The molecule has 1 rings (SSSR count). The summed E-state index contributed by atoms with van der Waals surface area (Å²) in [5.41, 5.74) is 0. The first-order chi connectivity index (χ1) is 14.2. The lowest BCUT2D eigenvalue weighted by Gasteiger charge is -2.31. The normalized spacial score (nSPS) is 17.4. The van der Waals surface area contributed by atoms with E-state index in [2.05, 4.69) is 28.8 Å². The molecule has 1 saturated heterocycles. The van der Waals surface area contributed by atoms with Gasteiger partial charge >= 0.3 is 18.3 Å². The van der Waals surface area contributed by atoms with Crippen molar-refractivity contribution in [2.24, 2.45) is 0 Å². The molecule has 11 heteroatoms. The van der Waals surface area contributed by atoms with Gasteiger partial charge in [0.25, 0.3) is 0 Å². The lowest BCUT2D eigenvalue weighted by molar-refractivity contribution is -0.193. The Kier molecular flexibility index (Phi) is 20.0. The minimum Gasteiger partial charge on any atom is -0.480 e. The molecule has 1 aliphatic rings. The van der Waals surface area contributed by atoms with Crippen molar-refractivity contribution in [2.45, 2.75) is 19.8 Å². The maximum Gasteiger partial charge on any atom is 0.373 e. The number of carbonyl (C=O) groups excluding carboxylic acids is 5. The quantitative estimate of drug-likeness (QED) is 0.541. The molecule has 172 valence electrons. The summed E-state index contributed by atoms with van der Waals surface area (Å²) in [6, 6.07) is 0. The zero-order valence-corrected chi connectivity index (χ0v) is 18.2. The Labute approximate surface area is 177 Å². The standard InChI is InChI=1S/C17H34N4O3.2CO2/c1-4-5-16(22)14-20-10-8-18(2)6-7-19(3)9-11-21(13-12-20)15-17(23)24;2*2-1-3/h4-15H2,1-3H3,(H,23,24);;. The van der Waals surface area contributed by atoms with E-state index in [0.717, 1.165) is 52.2 Å². The predicted octanol–water partition coefficient (Wildman–Crippen LogP) is -1.25. The zero-order valence-electron chi connectivity index (χ0n) is 18.2. The number of hydrogen-bond donors (Lipinski definition) is 1. The highest BCUT2D eigenvalue weighted by atomic mass is 16.4. The molecule has 0 amide bonds. The minimum absolute atomic E-state index is 0.0600. The number of Topliss-reactive ketones (excluding diaryl/α,β-unsaturated/α-hetero) is 1. The van der Waals surface area contributed by atoms with E-state index in [-0.39, 0.29) is 24.6 Å². The monoisotopic (exact) mass is 430 g/mol. The molecule has 11 nitrogen and oxygen atoms in total. The molecule has 0 aromatic carbocycles. The highest BCUT2D eigenvalue weighted by molar-refractivity contribution is 5.80. The van der Waals surface area contributed by atoms with Crippen LogP contribution in [0.15, 0.2) is 0 Å². The highest BCUT2D eigenvalue weighted by Gasteiger charge is 2.16. The van der Waals surface area contributed by atoms with E-state index in [9.17, 15) is 9.59 Å². The number of carboxylic acid groups (broad SMARTS) is 1. The number of ketones is 1. The largest absolute Gasteiger partial charge is 0.480 e. The van der Waals surface area contributed by atoms with Gasteiger partial charge in [0.15, 0.2) is 0 Å². The van der Waals surface area contributed by atoms with E-state index in [4.69, 9.17) is 24.3 Å². The predicted molar refractivity (Wildman–Crippen MR) is 105 cm³/mol. The highest BCUT2D eigenvalue weighted by Crippen LogP contribution is 2.00. The van der Waals surface area contributed by atoms with Crippen molar-refractivity contribution >= 4 is 24.1 Å². The first-order valence-corrected chi connectivity index (χ1v) is 9.77. The summed E-state index contributed by atoms with van der Waals surface area (Å²) in [6.07, 6.45) is 2.00.